The van der Waals surface area contributed by atoms with Crippen molar-refractivity contribution >= 4 is 0 Å². The lowest BCUT2D eigenvalue weighted by atomic mass is 9.96. The molecule has 112 valence electrons. The van der Waals surface area contributed by atoms with Gasteiger partial charge in [0, 0.05) is 6.04 Å². The second-order valence-corrected chi connectivity index (χ2v) is 5.80. The van der Waals surface area contributed by atoms with Gasteiger partial charge in [0.1, 0.15) is 0 Å². The van der Waals surface area contributed by atoms with Gasteiger partial charge in [0.2, 0.25) is 0 Å². The van der Waals surface area contributed by atoms with Crippen LogP contribution in [0, 0.1) is 6.92 Å². The van der Waals surface area contributed by atoms with Crippen LogP contribution in [0.5, 0.6) is 0 Å². The maximum absolute atomic E-state index is 3.69. The van der Waals surface area contributed by atoms with E-state index < -0.39 is 0 Å². The maximum atomic E-state index is 3.69. The number of hydrogen-bond donors (Lipinski definition) is 1. The van der Waals surface area contributed by atoms with E-state index in [0.29, 0.717) is 6.04 Å². The van der Waals surface area contributed by atoms with E-state index in [1.165, 1.54) is 22.3 Å². The molecule has 1 atom stereocenters. The minimum Gasteiger partial charge on any atom is -0.310 e. The Bertz CT molecular complexity index is 542. The topological polar surface area (TPSA) is 12.0 Å². The zero-order valence-electron chi connectivity index (χ0n) is 13.5. The average molecular weight is 281 g/mol. The Labute approximate surface area is 129 Å². The summed E-state index contributed by atoms with van der Waals surface area (Å²) in [6.45, 7) is 7.64. The van der Waals surface area contributed by atoms with Gasteiger partial charge in [-0.05, 0) is 49.4 Å². The fourth-order valence-electron chi connectivity index (χ4n) is 2.66. The molecule has 0 bridgehead atoms. The molecule has 2 rings (SSSR count). The molecule has 0 saturated heterocycles. The first-order valence-corrected chi connectivity index (χ1v) is 8.10. The van der Waals surface area contributed by atoms with Gasteiger partial charge in [-0.2, -0.15) is 0 Å². The van der Waals surface area contributed by atoms with Crippen molar-refractivity contribution in [3.05, 3.63) is 70.8 Å². The fraction of sp³-hybridized carbons (Fsp3) is 0.400. The predicted octanol–water partition coefficient (Wildman–Crippen LogP) is 4.84. The van der Waals surface area contributed by atoms with Crippen molar-refractivity contribution < 1.29 is 0 Å². The van der Waals surface area contributed by atoms with E-state index in [-0.39, 0.29) is 0 Å². The Morgan fingerprint density at radius 3 is 2.29 bits per heavy atom. The number of benzene rings is 2. The summed E-state index contributed by atoms with van der Waals surface area (Å²) >= 11 is 0. The highest BCUT2D eigenvalue weighted by atomic mass is 14.9. The minimum atomic E-state index is 0.400. The molecule has 1 N–H and O–H groups in total. The molecule has 21 heavy (non-hydrogen) atoms. The van der Waals surface area contributed by atoms with Crippen LogP contribution in [-0.2, 0) is 12.8 Å². The molecule has 0 fully saturated rings. The van der Waals surface area contributed by atoms with Gasteiger partial charge in [0.05, 0.1) is 0 Å². The van der Waals surface area contributed by atoms with E-state index >= 15 is 0 Å². The molecule has 0 saturated carbocycles. The second kappa shape index (κ2) is 7.99. The summed E-state index contributed by atoms with van der Waals surface area (Å²) in [5.74, 6) is 0. The lowest BCUT2D eigenvalue weighted by Crippen LogP contribution is -2.24. The highest BCUT2D eigenvalue weighted by Gasteiger charge is 2.11. The first-order chi connectivity index (χ1) is 10.2. The first-order valence-electron chi connectivity index (χ1n) is 8.10. The Morgan fingerprint density at radius 2 is 1.67 bits per heavy atom. The number of rotatable bonds is 7. The third-order valence-corrected chi connectivity index (χ3v) is 3.96. The lowest BCUT2D eigenvalue weighted by Gasteiger charge is -2.20. The molecule has 0 spiro atoms. The van der Waals surface area contributed by atoms with E-state index in [1.54, 1.807) is 0 Å². The Morgan fingerprint density at radius 1 is 0.952 bits per heavy atom. The summed E-state index contributed by atoms with van der Waals surface area (Å²) in [6, 6.07) is 18.3. The summed E-state index contributed by atoms with van der Waals surface area (Å²) in [5, 5.41) is 3.69. The normalized spacial score (nSPS) is 12.3. The van der Waals surface area contributed by atoms with Gasteiger partial charge in [0.15, 0.2) is 0 Å². The fourth-order valence-corrected chi connectivity index (χ4v) is 2.66. The monoisotopic (exact) mass is 281 g/mol. The van der Waals surface area contributed by atoms with E-state index in [2.05, 4.69) is 74.6 Å². The van der Waals surface area contributed by atoms with Crippen molar-refractivity contribution in [2.75, 3.05) is 6.54 Å². The van der Waals surface area contributed by atoms with Crippen LogP contribution in [0.3, 0.4) is 0 Å². The van der Waals surface area contributed by atoms with E-state index in [4.69, 9.17) is 0 Å². The quantitative estimate of drug-likeness (QED) is 0.765. The van der Waals surface area contributed by atoms with E-state index in [1.807, 2.05) is 0 Å². The minimum absolute atomic E-state index is 0.400. The summed E-state index contributed by atoms with van der Waals surface area (Å²) in [6.07, 6.45) is 3.32. The van der Waals surface area contributed by atoms with Crippen LogP contribution in [0.4, 0.5) is 0 Å². The van der Waals surface area contributed by atoms with Crippen molar-refractivity contribution in [3.63, 3.8) is 0 Å². The largest absolute Gasteiger partial charge is 0.310 e. The van der Waals surface area contributed by atoms with Crippen LogP contribution in [0.25, 0.3) is 0 Å². The molecule has 1 heteroatoms. The van der Waals surface area contributed by atoms with Gasteiger partial charge in [-0.15, -0.1) is 0 Å². The molecule has 0 radical (unpaired) electrons. The Balaban J connectivity index is 2.15. The van der Waals surface area contributed by atoms with Gasteiger partial charge in [-0.3, -0.25) is 0 Å². The van der Waals surface area contributed by atoms with Crippen LogP contribution < -0.4 is 5.32 Å². The van der Waals surface area contributed by atoms with Crippen molar-refractivity contribution in [1.82, 2.24) is 5.32 Å². The van der Waals surface area contributed by atoms with Crippen molar-refractivity contribution in [2.45, 2.75) is 46.1 Å². The van der Waals surface area contributed by atoms with Crippen LogP contribution in [0.1, 0.15) is 48.6 Å². The first kappa shape index (κ1) is 15.8. The number of aryl methyl sites for hydroxylation is 2. The van der Waals surface area contributed by atoms with Gasteiger partial charge in [-0.25, -0.2) is 0 Å². The molecule has 1 unspecified atom stereocenters. The molecule has 0 aromatic heterocycles. The lowest BCUT2D eigenvalue weighted by molar-refractivity contribution is 0.529. The summed E-state index contributed by atoms with van der Waals surface area (Å²) in [4.78, 5) is 0. The molecule has 0 aliphatic carbocycles. The van der Waals surface area contributed by atoms with Crippen molar-refractivity contribution in [2.24, 2.45) is 0 Å². The zero-order chi connectivity index (χ0) is 15.1. The highest BCUT2D eigenvalue weighted by Crippen LogP contribution is 2.20. The molecular formula is C20H27N. The van der Waals surface area contributed by atoms with Gasteiger partial charge in [-0.1, -0.05) is 67.9 Å². The smallest absolute Gasteiger partial charge is 0.0360 e. The molecule has 0 aliphatic heterocycles. The molecule has 0 aliphatic rings. The zero-order valence-corrected chi connectivity index (χ0v) is 13.5. The predicted molar refractivity (Wildman–Crippen MR) is 91.7 cm³/mol. The SMILES string of the molecule is CCCNC(Cc1ccc(CC)cc1)c1cccc(C)c1. The molecule has 0 amide bonds. The van der Waals surface area contributed by atoms with E-state index in [9.17, 15) is 0 Å². The van der Waals surface area contributed by atoms with Crippen molar-refractivity contribution in [3.8, 4) is 0 Å². The molecule has 2 aromatic carbocycles. The summed E-state index contributed by atoms with van der Waals surface area (Å²) in [7, 11) is 0. The van der Waals surface area contributed by atoms with Crippen molar-refractivity contribution in [1.29, 1.82) is 0 Å². The number of hydrogen-bond acceptors (Lipinski definition) is 1. The summed E-state index contributed by atoms with van der Waals surface area (Å²) < 4.78 is 0. The number of nitrogens with one attached hydrogen (secondary N) is 1. The van der Waals surface area contributed by atoms with Gasteiger partial charge >= 0.3 is 0 Å². The van der Waals surface area contributed by atoms with Gasteiger partial charge in [0.25, 0.3) is 0 Å². The second-order valence-electron chi connectivity index (χ2n) is 5.80. The summed E-state index contributed by atoms with van der Waals surface area (Å²) in [5.41, 5.74) is 5.54. The third-order valence-electron chi connectivity index (χ3n) is 3.96. The highest BCUT2D eigenvalue weighted by molar-refractivity contribution is 5.29. The molecular weight excluding hydrogens is 254 g/mol. The third kappa shape index (κ3) is 4.71. The Hall–Kier alpha value is -1.60. The standard InChI is InChI=1S/C20H27N/c1-4-13-21-20(19-8-6-7-16(3)14-19)15-18-11-9-17(5-2)10-12-18/h6-12,14,20-21H,4-5,13,15H2,1-3H3. The Kier molecular flexibility index (Phi) is 6.01. The maximum Gasteiger partial charge on any atom is 0.0360 e. The van der Waals surface area contributed by atoms with Crippen LogP contribution in [0.15, 0.2) is 48.5 Å². The van der Waals surface area contributed by atoms with Crippen LogP contribution >= 0.6 is 0 Å². The molecule has 2 aromatic rings. The van der Waals surface area contributed by atoms with Crippen LogP contribution in [0.2, 0.25) is 0 Å². The average Bonchev–Trinajstić information content (AvgIpc) is 2.52. The molecule has 1 nitrogen and oxygen atoms in total. The van der Waals surface area contributed by atoms with E-state index in [0.717, 1.165) is 25.8 Å². The molecule has 0 heterocycles. The van der Waals surface area contributed by atoms with Crippen LogP contribution in [-0.4, -0.2) is 6.54 Å². The van der Waals surface area contributed by atoms with Gasteiger partial charge < -0.3 is 5.32 Å².